The Morgan fingerprint density at radius 2 is 2.24 bits per heavy atom. The fourth-order valence-electron chi connectivity index (χ4n) is 1.54. The summed E-state index contributed by atoms with van der Waals surface area (Å²) in [6, 6.07) is 6.82. The Kier molecular flexibility index (Phi) is 2.88. The second kappa shape index (κ2) is 4.34. The number of methoxy groups -OCH3 is 1. The second-order valence-corrected chi connectivity index (χ2v) is 3.44. The van der Waals surface area contributed by atoms with Gasteiger partial charge in [0.2, 0.25) is 5.88 Å². The Labute approximate surface area is 96.7 Å². The number of H-pyrrole nitrogens is 1. The van der Waals surface area contributed by atoms with Gasteiger partial charge < -0.3 is 14.9 Å². The molecule has 1 heterocycles. The minimum Gasteiger partial charge on any atom is -0.497 e. The molecule has 0 unspecified atom stereocenters. The molecule has 2 aromatic rings. The lowest BCUT2D eigenvalue weighted by molar-refractivity contribution is 0.273. The van der Waals surface area contributed by atoms with Gasteiger partial charge in [0.1, 0.15) is 11.3 Å². The smallest absolute Gasteiger partial charge is 0.273 e. The van der Waals surface area contributed by atoms with Crippen LogP contribution in [0.5, 0.6) is 11.6 Å². The number of aromatic amines is 1. The first-order chi connectivity index (χ1) is 8.17. The van der Waals surface area contributed by atoms with Gasteiger partial charge in [-0.05, 0) is 12.1 Å². The van der Waals surface area contributed by atoms with Crippen LogP contribution < -0.4 is 10.3 Å². The van der Waals surface area contributed by atoms with Crippen molar-refractivity contribution in [3.63, 3.8) is 0 Å². The van der Waals surface area contributed by atoms with Crippen LogP contribution in [0, 0.1) is 0 Å². The molecule has 90 valence electrons. The minimum absolute atomic E-state index is 0.0622. The van der Waals surface area contributed by atoms with E-state index in [1.165, 1.54) is 11.8 Å². The standard InChI is InChI=1S/C11H12N2O4/c1-17-8-4-2-3-7(5-8)13-11(16)9(6-14)10(15)12-13/h2-5,14,16H,6H2,1H3,(H,12,15). The summed E-state index contributed by atoms with van der Waals surface area (Å²) in [5.41, 5.74) is -0.0423. The number of nitrogens with one attached hydrogen (secondary N) is 1. The normalized spacial score (nSPS) is 10.5. The summed E-state index contributed by atoms with van der Waals surface area (Å²) in [6.07, 6.45) is 0. The Hall–Kier alpha value is -2.21. The Bertz CT molecular complexity index is 585. The van der Waals surface area contributed by atoms with E-state index in [1.54, 1.807) is 24.3 Å². The largest absolute Gasteiger partial charge is 0.497 e. The van der Waals surface area contributed by atoms with E-state index in [9.17, 15) is 9.90 Å². The van der Waals surface area contributed by atoms with Crippen LogP contribution in [0.25, 0.3) is 5.69 Å². The molecule has 3 N–H and O–H groups in total. The number of nitrogens with zero attached hydrogens (tertiary/aromatic N) is 1. The average molecular weight is 236 g/mol. The molecule has 1 aromatic carbocycles. The molecule has 2 rings (SSSR count). The SMILES string of the molecule is COc1cccc(-n2[nH]c(=O)c(CO)c2O)c1. The first-order valence-electron chi connectivity index (χ1n) is 4.95. The molecule has 0 radical (unpaired) electrons. The van der Waals surface area contributed by atoms with Gasteiger partial charge in [-0.2, -0.15) is 0 Å². The van der Waals surface area contributed by atoms with Crippen molar-refractivity contribution in [3.05, 3.63) is 40.2 Å². The van der Waals surface area contributed by atoms with Gasteiger partial charge in [0.05, 0.1) is 19.4 Å². The highest BCUT2D eigenvalue weighted by Crippen LogP contribution is 2.21. The molecular formula is C11H12N2O4. The molecule has 0 spiro atoms. The van der Waals surface area contributed by atoms with Crippen LogP contribution in [0.1, 0.15) is 5.56 Å². The zero-order valence-electron chi connectivity index (χ0n) is 9.17. The third-order valence-electron chi connectivity index (χ3n) is 2.44. The molecule has 17 heavy (non-hydrogen) atoms. The maximum atomic E-state index is 11.4. The summed E-state index contributed by atoms with van der Waals surface area (Å²) in [6.45, 7) is -0.516. The van der Waals surface area contributed by atoms with E-state index in [0.29, 0.717) is 11.4 Å². The van der Waals surface area contributed by atoms with E-state index in [1.807, 2.05) is 0 Å². The molecule has 0 bridgehead atoms. The van der Waals surface area contributed by atoms with E-state index in [0.717, 1.165) is 0 Å². The lowest BCUT2D eigenvalue weighted by atomic mass is 10.3. The first-order valence-corrected chi connectivity index (χ1v) is 4.95. The number of aliphatic hydroxyl groups excluding tert-OH is 1. The Balaban J connectivity index is 2.56. The molecule has 0 saturated heterocycles. The van der Waals surface area contributed by atoms with Crippen molar-refractivity contribution in [2.75, 3.05) is 7.11 Å². The molecule has 0 aliphatic heterocycles. The Morgan fingerprint density at radius 3 is 2.82 bits per heavy atom. The highest BCUT2D eigenvalue weighted by Gasteiger charge is 2.14. The third kappa shape index (κ3) is 1.90. The number of hydrogen-bond acceptors (Lipinski definition) is 4. The molecule has 0 aliphatic rings. The van der Waals surface area contributed by atoms with Crippen LogP contribution in [0.4, 0.5) is 0 Å². The molecule has 6 heteroatoms. The fraction of sp³-hybridized carbons (Fsp3) is 0.182. The lowest BCUT2D eigenvalue weighted by Gasteiger charge is -2.06. The maximum Gasteiger partial charge on any atom is 0.273 e. The second-order valence-electron chi connectivity index (χ2n) is 3.44. The van der Waals surface area contributed by atoms with E-state index in [-0.39, 0.29) is 11.4 Å². The summed E-state index contributed by atoms with van der Waals surface area (Å²) in [4.78, 5) is 11.4. The number of ether oxygens (including phenoxy) is 1. The molecule has 0 fully saturated rings. The van der Waals surface area contributed by atoms with E-state index < -0.39 is 12.2 Å². The van der Waals surface area contributed by atoms with Gasteiger partial charge in [-0.15, -0.1) is 0 Å². The van der Waals surface area contributed by atoms with Crippen LogP contribution in [-0.2, 0) is 6.61 Å². The van der Waals surface area contributed by atoms with Crippen molar-refractivity contribution >= 4 is 0 Å². The molecule has 6 nitrogen and oxygen atoms in total. The number of benzene rings is 1. The number of aromatic hydroxyl groups is 1. The first kappa shape index (κ1) is 11.3. The van der Waals surface area contributed by atoms with Crippen LogP contribution in [0.3, 0.4) is 0 Å². The van der Waals surface area contributed by atoms with Gasteiger partial charge in [-0.25, -0.2) is 4.68 Å². The lowest BCUT2D eigenvalue weighted by Crippen LogP contribution is -2.07. The van der Waals surface area contributed by atoms with E-state index in [2.05, 4.69) is 5.10 Å². The van der Waals surface area contributed by atoms with Crippen LogP contribution in [0.2, 0.25) is 0 Å². The van der Waals surface area contributed by atoms with Gasteiger partial charge >= 0.3 is 0 Å². The summed E-state index contributed by atoms with van der Waals surface area (Å²) >= 11 is 0. The summed E-state index contributed by atoms with van der Waals surface area (Å²) in [5, 5.41) is 21.1. The monoisotopic (exact) mass is 236 g/mol. The maximum absolute atomic E-state index is 11.4. The van der Waals surface area contributed by atoms with Crippen LogP contribution in [0.15, 0.2) is 29.1 Å². The predicted octanol–water partition coefficient (Wildman–Crippen LogP) is 0.372. The van der Waals surface area contributed by atoms with Gasteiger partial charge in [0, 0.05) is 6.07 Å². The third-order valence-corrected chi connectivity index (χ3v) is 2.44. The highest BCUT2D eigenvalue weighted by atomic mass is 16.5. The molecule has 1 aromatic heterocycles. The van der Waals surface area contributed by atoms with Crippen molar-refractivity contribution in [1.82, 2.24) is 9.78 Å². The Morgan fingerprint density at radius 1 is 1.47 bits per heavy atom. The van der Waals surface area contributed by atoms with Gasteiger partial charge in [-0.3, -0.25) is 9.89 Å². The summed E-state index contributed by atoms with van der Waals surface area (Å²) in [5.74, 6) is 0.299. The summed E-state index contributed by atoms with van der Waals surface area (Å²) in [7, 11) is 1.52. The van der Waals surface area contributed by atoms with Crippen molar-refractivity contribution in [3.8, 4) is 17.3 Å². The van der Waals surface area contributed by atoms with Crippen molar-refractivity contribution < 1.29 is 14.9 Å². The number of aromatic nitrogens is 2. The highest BCUT2D eigenvalue weighted by molar-refractivity contribution is 5.42. The van der Waals surface area contributed by atoms with Crippen LogP contribution >= 0.6 is 0 Å². The minimum atomic E-state index is -0.521. The fourth-order valence-corrected chi connectivity index (χ4v) is 1.54. The van der Waals surface area contributed by atoms with E-state index >= 15 is 0 Å². The molecule has 0 atom stereocenters. The van der Waals surface area contributed by atoms with Gasteiger partial charge in [0.15, 0.2) is 0 Å². The summed E-state index contributed by atoms with van der Waals surface area (Å²) < 4.78 is 6.23. The van der Waals surface area contributed by atoms with Crippen molar-refractivity contribution in [1.29, 1.82) is 0 Å². The number of rotatable bonds is 3. The quantitative estimate of drug-likeness (QED) is 0.718. The zero-order chi connectivity index (χ0) is 12.4. The van der Waals surface area contributed by atoms with Gasteiger partial charge in [0.25, 0.3) is 5.56 Å². The van der Waals surface area contributed by atoms with Gasteiger partial charge in [-0.1, -0.05) is 6.07 Å². The number of hydrogen-bond donors (Lipinski definition) is 3. The predicted molar refractivity (Wildman–Crippen MR) is 60.5 cm³/mol. The van der Waals surface area contributed by atoms with Crippen molar-refractivity contribution in [2.24, 2.45) is 0 Å². The molecule has 0 aliphatic carbocycles. The zero-order valence-corrected chi connectivity index (χ0v) is 9.17. The topological polar surface area (TPSA) is 87.5 Å². The van der Waals surface area contributed by atoms with Crippen molar-refractivity contribution in [2.45, 2.75) is 6.61 Å². The molecular weight excluding hydrogens is 224 g/mol. The average Bonchev–Trinajstić information content (AvgIpc) is 2.64. The molecule has 0 amide bonds. The molecule has 0 saturated carbocycles. The van der Waals surface area contributed by atoms with Crippen LogP contribution in [-0.4, -0.2) is 27.1 Å². The number of aliphatic hydroxyl groups is 1. The van der Waals surface area contributed by atoms with E-state index in [4.69, 9.17) is 9.84 Å².